The predicted octanol–water partition coefficient (Wildman–Crippen LogP) is 0.733. The van der Waals surface area contributed by atoms with Gasteiger partial charge in [0, 0.05) is 25.2 Å². The summed E-state index contributed by atoms with van der Waals surface area (Å²) >= 11 is 0. The van der Waals surface area contributed by atoms with Crippen LogP contribution < -0.4 is 0 Å². The Morgan fingerprint density at radius 1 is 1.47 bits per heavy atom. The van der Waals surface area contributed by atoms with Crippen LogP contribution in [0.5, 0.6) is 0 Å². The molecule has 4 nitrogen and oxygen atoms in total. The Hall–Kier alpha value is -0.610. The molecule has 88 valence electrons. The van der Waals surface area contributed by atoms with Crippen molar-refractivity contribution in [1.29, 1.82) is 0 Å². The second kappa shape index (κ2) is 4.49. The Kier molecular flexibility index (Phi) is 3.73. The second-order valence-corrected chi connectivity index (χ2v) is 5.08. The summed E-state index contributed by atoms with van der Waals surface area (Å²) in [6.45, 7) is 9.58. The zero-order valence-electron chi connectivity index (χ0n) is 10.2. The van der Waals surface area contributed by atoms with Crippen LogP contribution in [0.4, 0.5) is 0 Å². The normalized spacial score (nSPS) is 28.7. The minimum atomic E-state index is -0.682. The van der Waals surface area contributed by atoms with Crippen molar-refractivity contribution in [3.63, 3.8) is 0 Å². The quantitative estimate of drug-likeness (QED) is 0.736. The average molecular weight is 214 g/mol. The molecule has 1 aliphatic heterocycles. The zero-order valence-corrected chi connectivity index (χ0v) is 10.2. The molecule has 0 saturated carbocycles. The van der Waals surface area contributed by atoms with Crippen molar-refractivity contribution >= 4 is 5.97 Å². The summed E-state index contributed by atoms with van der Waals surface area (Å²) in [5.74, 6) is -0.949. The molecule has 1 unspecified atom stereocenters. The monoisotopic (exact) mass is 214 g/mol. The molecule has 1 aliphatic rings. The van der Waals surface area contributed by atoms with Crippen molar-refractivity contribution in [3.8, 4) is 0 Å². The first-order valence-electron chi connectivity index (χ1n) is 5.53. The Morgan fingerprint density at radius 2 is 2.07 bits per heavy atom. The summed E-state index contributed by atoms with van der Waals surface area (Å²) in [6.07, 6.45) is 0. The molecule has 0 aromatic heterocycles. The van der Waals surface area contributed by atoms with Crippen molar-refractivity contribution in [2.45, 2.75) is 26.3 Å². The average Bonchev–Trinajstić information content (AvgIpc) is 2.20. The molecule has 1 fully saturated rings. The molecule has 0 bridgehead atoms. The van der Waals surface area contributed by atoms with E-state index in [2.05, 4.69) is 30.6 Å². The SMILES string of the molecule is CCN1CC(C(=O)O)CN(C)CC1(C)C. The smallest absolute Gasteiger partial charge is 0.309 e. The van der Waals surface area contributed by atoms with Gasteiger partial charge in [0.2, 0.25) is 0 Å². The van der Waals surface area contributed by atoms with Gasteiger partial charge in [-0.05, 0) is 27.4 Å². The summed E-state index contributed by atoms with van der Waals surface area (Å²) in [5.41, 5.74) is 0.0632. The van der Waals surface area contributed by atoms with E-state index >= 15 is 0 Å². The molecule has 1 atom stereocenters. The summed E-state index contributed by atoms with van der Waals surface area (Å²) in [7, 11) is 2.00. The van der Waals surface area contributed by atoms with Gasteiger partial charge in [-0.15, -0.1) is 0 Å². The third-order valence-electron chi connectivity index (χ3n) is 3.22. The van der Waals surface area contributed by atoms with E-state index in [1.165, 1.54) is 0 Å². The third kappa shape index (κ3) is 2.92. The molecular weight excluding hydrogens is 192 g/mol. The van der Waals surface area contributed by atoms with E-state index in [4.69, 9.17) is 5.11 Å². The van der Waals surface area contributed by atoms with Crippen LogP contribution in [-0.4, -0.2) is 59.6 Å². The van der Waals surface area contributed by atoms with Gasteiger partial charge in [-0.3, -0.25) is 9.69 Å². The fourth-order valence-corrected chi connectivity index (χ4v) is 2.49. The second-order valence-electron chi connectivity index (χ2n) is 5.08. The maximum Gasteiger partial charge on any atom is 0.309 e. The maximum atomic E-state index is 11.1. The lowest BCUT2D eigenvalue weighted by Crippen LogP contribution is -2.49. The van der Waals surface area contributed by atoms with Gasteiger partial charge in [-0.25, -0.2) is 0 Å². The fraction of sp³-hybridized carbons (Fsp3) is 0.909. The van der Waals surface area contributed by atoms with Gasteiger partial charge in [0.15, 0.2) is 0 Å². The fourth-order valence-electron chi connectivity index (χ4n) is 2.49. The molecule has 15 heavy (non-hydrogen) atoms. The van der Waals surface area contributed by atoms with Gasteiger partial charge in [-0.2, -0.15) is 0 Å². The van der Waals surface area contributed by atoms with Crippen LogP contribution in [0, 0.1) is 5.92 Å². The van der Waals surface area contributed by atoms with Crippen molar-refractivity contribution < 1.29 is 9.90 Å². The highest BCUT2D eigenvalue weighted by Gasteiger charge is 2.35. The third-order valence-corrected chi connectivity index (χ3v) is 3.22. The molecule has 0 aromatic rings. The highest BCUT2D eigenvalue weighted by atomic mass is 16.4. The first-order valence-corrected chi connectivity index (χ1v) is 5.53. The first kappa shape index (κ1) is 12.5. The number of carboxylic acid groups (broad SMARTS) is 1. The van der Waals surface area contributed by atoms with Crippen LogP contribution in [0.2, 0.25) is 0 Å². The molecule has 1 saturated heterocycles. The van der Waals surface area contributed by atoms with E-state index in [0.717, 1.165) is 13.1 Å². The molecule has 1 N–H and O–H groups in total. The van der Waals surface area contributed by atoms with Gasteiger partial charge in [0.05, 0.1) is 5.92 Å². The van der Waals surface area contributed by atoms with Gasteiger partial charge >= 0.3 is 5.97 Å². The first-order chi connectivity index (χ1) is 6.86. The Bertz CT molecular complexity index is 241. The van der Waals surface area contributed by atoms with Crippen LogP contribution in [-0.2, 0) is 4.79 Å². The number of aliphatic carboxylic acids is 1. The lowest BCUT2D eigenvalue weighted by Gasteiger charge is -2.37. The minimum Gasteiger partial charge on any atom is -0.481 e. The molecule has 0 aromatic carbocycles. The number of hydrogen-bond donors (Lipinski definition) is 1. The van der Waals surface area contributed by atoms with Crippen LogP contribution in [0.15, 0.2) is 0 Å². The van der Waals surface area contributed by atoms with Gasteiger partial charge in [0.1, 0.15) is 0 Å². The minimum absolute atomic E-state index is 0.0632. The summed E-state index contributed by atoms with van der Waals surface area (Å²) in [6, 6.07) is 0. The van der Waals surface area contributed by atoms with Crippen LogP contribution >= 0.6 is 0 Å². The van der Waals surface area contributed by atoms with Gasteiger partial charge in [-0.1, -0.05) is 6.92 Å². The van der Waals surface area contributed by atoms with Crippen LogP contribution in [0.3, 0.4) is 0 Å². The van der Waals surface area contributed by atoms with Crippen LogP contribution in [0.1, 0.15) is 20.8 Å². The topological polar surface area (TPSA) is 43.8 Å². The standard InChI is InChI=1S/C11H22N2O2/c1-5-13-7-9(10(14)15)6-12(4)8-11(13,2)3/h9H,5-8H2,1-4H3,(H,14,15). The largest absolute Gasteiger partial charge is 0.481 e. The van der Waals surface area contributed by atoms with Gasteiger partial charge < -0.3 is 10.0 Å². The van der Waals surface area contributed by atoms with Crippen molar-refractivity contribution in [3.05, 3.63) is 0 Å². The lowest BCUT2D eigenvalue weighted by atomic mass is 10.0. The predicted molar refractivity (Wildman–Crippen MR) is 59.9 cm³/mol. The Morgan fingerprint density at radius 3 is 2.53 bits per heavy atom. The van der Waals surface area contributed by atoms with Crippen molar-refractivity contribution in [2.24, 2.45) is 5.92 Å². The molecule has 0 amide bonds. The number of rotatable bonds is 2. The summed E-state index contributed by atoms with van der Waals surface area (Å²) < 4.78 is 0. The van der Waals surface area contributed by atoms with E-state index in [1.54, 1.807) is 0 Å². The number of carbonyl (C=O) groups is 1. The molecule has 1 heterocycles. The zero-order chi connectivity index (χ0) is 11.6. The number of hydrogen-bond acceptors (Lipinski definition) is 3. The Balaban J connectivity index is 2.83. The van der Waals surface area contributed by atoms with E-state index in [-0.39, 0.29) is 11.5 Å². The molecule has 0 aliphatic carbocycles. The molecule has 0 radical (unpaired) electrons. The van der Waals surface area contributed by atoms with Crippen molar-refractivity contribution in [2.75, 3.05) is 33.2 Å². The van der Waals surface area contributed by atoms with E-state index in [9.17, 15) is 4.79 Å². The molecule has 0 spiro atoms. The maximum absolute atomic E-state index is 11.1. The van der Waals surface area contributed by atoms with Crippen LogP contribution in [0.25, 0.3) is 0 Å². The number of carboxylic acids is 1. The lowest BCUT2D eigenvalue weighted by molar-refractivity contribution is -0.142. The Labute approximate surface area is 91.9 Å². The van der Waals surface area contributed by atoms with Gasteiger partial charge in [0.25, 0.3) is 0 Å². The highest BCUT2D eigenvalue weighted by molar-refractivity contribution is 5.70. The molecule has 4 heteroatoms. The molecular formula is C11H22N2O2. The number of nitrogens with zero attached hydrogens (tertiary/aromatic N) is 2. The van der Waals surface area contributed by atoms with Crippen molar-refractivity contribution in [1.82, 2.24) is 9.80 Å². The van der Waals surface area contributed by atoms with E-state index in [0.29, 0.717) is 13.1 Å². The van der Waals surface area contributed by atoms with E-state index < -0.39 is 5.97 Å². The number of likely N-dealkylation sites (N-methyl/N-ethyl adjacent to an activating group) is 2. The summed E-state index contributed by atoms with van der Waals surface area (Å²) in [4.78, 5) is 15.5. The van der Waals surface area contributed by atoms with E-state index in [1.807, 2.05) is 7.05 Å². The summed E-state index contributed by atoms with van der Waals surface area (Å²) in [5, 5.41) is 9.11. The highest BCUT2D eigenvalue weighted by Crippen LogP contribution is 2.21. The molecule has 1 rings (SSSR count).